The number of aromatic carboxylic acids is 1. The quantitative estimate of drug-likeness (QED) is 0.647. The molecule has 1 aromatic heterocycles. The van der Waals surface area contributed by atoms with Crippen LogP contribution in [0.2, 0.25) is 5.02 Å². The fourth-order valence-electron chi connectivity index (χ4n) is 4.78. The van der Waals surface area contributed by atoms with Crippen LogP contribution in [0.15, 0.2) is 17.3 Å². The number of carboxylic acid groups (broad SMARTS) is 1. The summed E-state index contributed by atoms with van der Waals surface area (Å²) in [5.41, 5.74) is 1.12. The first-order chi connectivity index (χ1) is 13.9. The van der Waals surface area contributed by atoms with Crippen LogP contribution < -0.4 is 9.47 Å². The van der Waals surface area contributed by atoms with Gasteiger partial charge in [0.2, 0.25) is 0 Å². The predicted molar refractivity (Wildman–Crippen MR) is 113 cm³/mol. The summed E-state index contributed by atoms with van der Waals surface area (Å²) in [6.07, 6.45) is 6.37. The maximum Gasteiger partial charge on any atom is 0.354 e. The standard InChI is InChI=1S/C21H25ClN2O4S/c1-3-14-18(19(25)26)24(20(29)23-14)15-11-21(7-5-4-6-8-21)28-16-10-12(27-2)9-13(22)17(15)16/h9-10,15H,3-8,11H2,1-2H3,(H,23,29)(H,25,26). The van der Waals surface area contributed by atoms with Gasteiger partial charge >= 0.3 is 5.97 Å². The van der Waals surface area contributed by atoms with Crippen molar-refractivity contribution in [2.45, 2.75) is 68.7 Å². The van der Waals surface area contributed by atoms with Gasteiger partial charge in [0, 0.05) is 18.1 Å². The zero-order valence-corrected chi connectivity index (χ0v) is 18.2. The van der Waals surface area contributed by atoms with Crippen LogP contribution >= 0.6 is 24.2 Å². The number of aryl methyl sites for hydroxylation is 1. The number of benzene rings is 1. The molecule has 0 amide bonds. The number of imidazole rings is 1. The molecular formula is C21H25ClN2O4S. The molecule has 2 heterocycles. The number of hydrogen-bond acceptors (Lipinski definition) is 5. The number of aromatic nitrogens is 2. The fraction of sp³-hybridized carbons (Fsp3) is 0.524. The van der Waals surface area contributed by atoms with Gasteiger partial charge < -0.3 is 19.1 Å². The molecule has 0 bridgehead atoms. The molecule has 1 aliphatic carbocycles. The topological polar surface area (TPSA) is 73.6 Å². The predicted octanol–water partition coefficient (Wildman–Crippen LogP) is 5.17. The van der Waals surface area contributed by atoms with Crippen LogP contribution in [0.3, 0.4) is 0 Å². The summed E-state index contributed by atoms with van der Waals surface area (Å²) in [6, 6.07) is 3.27. The van der Waals surface area contributed by atoms with Crippen LogP contribution in [0.4, 0.5) is 0 Å². The maximum absolute atomic E-state index is 12.1. The van der Waals surface area contributed by atoms with Crippen molar-refractivity contribution in [2.24, 2.45) is 0 Å². The molecule has 0 radical (unpaired) electrons. The van der Waals surface area contributed by atoms with Crippen LogP contribution in [0, 0.1) is 0 Å². The molecule has 2 aromatic rings. The molecule has 1 unspecified atom stereocenters. The van der Waals surface area contributed by atoms with Crippen molar-refractivity contribution in [3.05, 3.63) is 34.1 Å². The van der Waals surface area contributed by atoms with Crippen molar-refractivity contribution >= 4 is 30.2 Å². The molecule has 1 aliphatic heterocycles. The monoisotopic (exact) mass is 436 g/mol. The van der Waals surface area contributed by atoms with Gasteiger partial charge in [-0.05, 0) is 38.2 Å². The molecule has 0 saturated heterocycles. The van der Waals surface area contributed by atoms with E-state index in [4.69, 9.17) is 21.1 Å². The summed E-state index contributed by atoms with van der Waals surface area (Å²) in [4.78, 5) is 16.6. The summed E-state index contributed by atoms with van der Waals surface area (Å²) in [7, 11) is 1.59. The van der Waals surface area contributed by atoms with E-state index in [0.29, 0.717) is 40.2 Å². The lowest BCUT2D eigenvalue weighted by Gasteiger charge is -2.45. The summed E-state index contributed by atoms with van der Waals surface area (Å²) in [5.74, 6) is 0.262. The van der Waals surface area contributed by atoms with E-state index >= 15 is 0 Å². The molecule has 4 rings (SSSR count). The molecule has 1 fully saturated rings. The number of fused-ring (bicyclic) bond motifs is 1. The average molecular weight is 437 g/mol. The van der Waals surface area contributed by atoms with Crippen molar-refractivity contribution in [3.8, 4) is 11.5 Å². The van der Waals surface area contributed by atoms with Gasteiger partial charge in [-0.3, -0.25) is 0 Å². The van der Waals surface area contributed by atoms with Crippen LogP contribution in [-0.2, 0) is 6.42 Å². The number of methoxy groups -OCH3 is 1. The molecule has 1 atom stereocenters. The SMILES string of the molecule is CCc1nc(S)n(C2CC3(CCCCC3)Oc3cc(OC)cc(Cl)c32)c1C(=O)O. The van der Waals surface area contributed by atoms with E-state index in [1.54, 1.807) is 17.7 Å². The van der Waals surface area contributed by atoms with Crippen molar-refractivity contribution in [3.63, 3.8) is 0 Å². The van der Waals surface area contributed by atoms with Gasteiger partial charge in [-0.1, -0.05) is 24.9 Å². The Morgan fingerprint density at radius 1 is 1.41 bits per heavy atom. The molecule has 6 nitrogen and oxygen atoms in total. The number of hydrogen-bond donors (Lipinski definition) is 2. The Labute approximate surface area is 180 Å². The Hall–Kier alpha value is -1.86. The summed E-state index contributed by atoms with van der Waals surface area (Å²) < 4.78 is 13.7. The first-order valence-electron chi connectivity index (χ1n) is 9.99. The minimum absolute atomic E-state index is 0.174. The lowest BCUT2D eigenvalue weighted by molar-refractivity contribution is -0.00369. The Morgan fingerprint density at radius 2 is 2.14 bits per heavy atom. The van der Waals surface area contributed by atoms with Gasteiger partial charge in [-0.15, -0.1) is 12.6 Å². The Morgan fingerprint density at radius 3 is 2.76 bits per heavy atom. The highest BCUT2D eigenvalue weighted by Gasteiger charge is 2.45. The van der Waals surface area contributed by atoms with E-state index in [1.165, 1.54) is 6.42 Å². The van der Waals surface area contributed by atoms with Crippen LogP contribution in [0.5, 0.6) is 11.5 Å². The third-order valence-corrected chi connectivity index (χ3v) is 6.73. The number of nitrogens with zero attached hydrogens (tertiary/aromatic N) is 2. The molecule has 1 spiro atoms. The second-order valence-corrected chi connectivity index (χ2v) is 8.63. The third kappa shape index (κ3) is 3.48. The highest BCUT2D eigenvalue weighted by molar-refractivity contribution is 7.80. The minimum atomic E-state index is -1.01. The third-order valence-electron chi connectivity index (χ3n) is 6.10. The second-order valence-electron chi connectivity index (χ2n) is 7.82. The number of carbonyl (C=O) groups is 1. The average Bonchev–Trinajstić information content (AvgIpc) is 3.04. The van der Waals surface area contributed by atoms with Crippen molar-refractivity contribution < 1.29 is 19.4 Å². The van der Waals surface area contributed by atoms with E-state index in [9.17, 15) is 9.90 Å². The van der Waals surface area contributed by atoms with E-state index < -0.39 is 5.97 Å². The number of thiol groups is 1. The Kier molecular flexibility index (Phi) is 5.46. The number of rotatable bonds is 4. The number of ether oxygens (including phenoxy) is 2. The lowest BCUT2D eigenvalue weighted by atomic mass is 9.77. The summed E-state index contributed by atoms with van der Waals surface area (Å²) in [6.45, 7) is 1.89. The van der Waals surface area contributed by atoms with Gasteiger partial charge in [0.1, 0.15) is 17.1 Å². The Bertz CT molecular complexity index is 953. The van der Waals surface area contributed by atoms with E-state index in [-0.39, 0.29) is 17.3 Å². The molecule has 8 heteroatoms. The molecule has 2 aliphatic rings. The maximum atomic E-state index is 12.1. The van der Waals surface area contributed by atoms with Crippen LogP contribution in [-0.4, -0.2) is 33.3 Å². The minimum Gasteiger partial charge on any atom is -0.497 e. The normalized spacial score (nSPS) is 20.2. The van der Waals surface area contributed by atoms with Crippen LogP contribution in [0.1, 0.15) is 73.2 Å². The fourth-order valence-corrected chi connectivity index (χ4v) is 5.47. The number of halogens is 1. The highest BCUT2D eigenvalue weighted by atomic mass is 35.5. The van der Waals surface area contributed by atoms with Gasteiger partial charge in [0.25, 0.3) is 0 Å². The van der Waals surface area contributed by atoms with Gasteiger partial charge in [0.15, 0.2) is 10.9 Å². The molecule has 156 valence electrons. The molecule has 1 aromatic carbocycles. The molecule has 1 saturated carbocycles. The highest BCUT2D eigenvalue weighted by Crippen LogP contribution is 2.51. The summed E-state index contributed by atoms with van der Waals surface area (Å²) >= 11 is 11.2. The smallest absolute Gasteiger partial charge is 0.354 e. The number of carboxylic acids is 1. The van der Waals surface area contributed by atoms with Crippen molar-refractivity contribution in [2.75, 3.05) is 7.11 Å². The zero-order valence-electron chi connectivity index (χ0n) is 16.6. The van der Waals surface area contributed by atoms with E-state index in [1.807, 2.05) is 13.0 Å². The molecule has 1 N–H and O–H groups in total. The largest absolute Gasteiger partial charge is 0.497 e. The van der Waals surface area contributed by atoms with Gasteiger partial charge in [-0.2, -0.15) is 0 Å². The van der Waals surface area contributed by atoms with Gasteiger partial charge in [-0.25, -0.2) is 9.78 Å². The Balaban J connectivity index is 1.94. The first kappa shape index (κ1) is 20.4. The van der Waals surface area contributed by atoms with Gasteiger partial charge in [0.05, 0.1) is 23.9 Å². The lowest BCUT2D eigenvalue weighted by Crippen LogP contribution is -2.44. The van der Waals surface area contributed by atoms with Crippen molar-refractivity contribution in [1.82, 2.24) is 9.55 Å². The second kappa shape index (κ2) is 7.76. The van der Waals surface area contributed by atoms with Crippen LogP contribution in [0.25, 0.3) is 0 Å². The van der Waals surface area contributed by atoms with E-state index in [0.717, 1.165) is 31.2 Å². The molecular weight excluding hydrogens is 412 g/mol. The summed E-state index contributed by atoms with van der Waals surface area (Å²) in [5, 5.41) is 10.8. The first-order valence-corrected chi connectivity index (χ1v) is 10.8. The van der Waals surface area contributed by atoms with E-state index in [2.05, 4.69) is 17.6 Å². The molecule has 29 heavy (non-hydrogen) atoms. The zero-order chi connectivity index (χ0) is 20.8. The van der Waals surface area contributed by atoms with Crippen molar-refractivity contribution in [1.29, 1.82) is 0 Å².